The van der Waals surface area contributed by atoms with Gasteiger partial charge in [0.2, 0.25) is 0 Å². The summed E-state index contributed by atoms with van der Waals surface area (Å²) >= 11 is 1.43. The number of nitrogen functional groups attached to an aromatic ring is 1. The molecule has 1 aromatic rings. The predicted octanol–water partition coefficient (Wildman–Crippen LogP) is 3.28. The summed E-state index contributed by atoms with van der Waals surface area (Å²) in [6.07, 6.45) is 3.14. The van der Waals surface area contributed by atoms with E-state index in [1.165, 1.54) is 17.8 Å². The predicted molar refractivity (Wildman–Crippen MR) is 85.7 cm³/mol. The van der Waals surface area contributed by atoms with Crippen molar-refractivity contribution in [2.75, 3.05) is 23.7 Å². The largest absolute Gasteiger partial charge is 0.396 e. The van der Waals surface area contributed by atoms with Crippen LogP contribution in [0.1, 0.15) is 48.3 Å². The van der Waals surface area contributed by atoms with Gasteiger partial charge in [0, 0.05) is 19.0 Å². The van der Waals surface area contributed by atoms with E-state index in [1.54, 1.807) is 0 Å². The molecule has 2 fully saturated rings. The van der Waals surface area contributed by atoms with Crippen LogP contribution in [-0.4, -0.2) is 18.9 Å². The molecule has 0 radical (unpaired) electrons. The van der Waals surface area contributed by atoms with Crippen molar-refractivity contribution < 1.29 is 4.79 Å². The van der Waals surface area contributed by atoms with Crippen molar-refractivity contribution in [1.82, 2.24) is 0 Å². The molecule has 2 N–H and O–H groups in total. The lowest BCUT2D eigenvalue weighted by atomic mass is 9.92. The summed E-state index contributed by atoms with van der Waals surface area (Å²) < 4.78 is 0. The van der Waals surface area contributed by atoms with Crippen LogP contribution in [0.25, 0.3) is 0 Å². The minimum Gasteiger partial charge on any atom is -0.396 e. The van der Waals surface area contributed by atoms with Crippen LogP contribution >= 0.6 is 11.3 Å². The second-order valence-electron chi connectivity index (χ2n) is 6.63. The Morgan fingerprint density at radius 2 is 1.95 bits per heavy atom. The van der Waals surface area contributed by atoms with E-state index in [1.807, 2.05) is 0 Å². The van der Waals surface area contributed by atoms with Gasteiger partial charge in [-0.2, -0.15) is 5.26 Å². The fourth-order valence-corrected chi connectivity index (χ4v) is 4.51. The lowest BCUT2D eigenvalue weighted by Crippen LogP contribution is -2.38. The van der Waals surface area contributed by atoms with Crippen molar-refractivity contribution >= 4 is 27.8 Å². The number of carbonyl (C=O) groups excluding carboxylic acids is 1. The summed E-state index contributed by atoms with van der Waals surface area (Å²) in [5.74, 6) is 1.49. The first kappa shape index (κ1) is 14.4. The average molecular weight is 303 g/mol. The molecule has 4 nitrogen and oxygen atoms in total. The smallest absolute Gasteiger partial charge is 0.178 e. The van der Waals surface area contributed by atoms with Crippen molar-refractivity contribution in [2.24, 2.45) is 17.8 Å². The van der Waals surface area contributed by atoms with Gasteiger partial charge in [0.15, 0.2) is 5.78 Å². The molecule has 1 aliphatic carbocycles. The lowest BCUT2D eigenvalue weighted by molar-refractivity contribution is 0.0972. The zero-order chi connectivity index (χ0) is 15.1. The lowest BCUT2D eigenvalue weighted by Gasteiger charge is -2.35. The van der Waals surface area contributed by atoms with E-state index < -0.39 is 0 Å². The third kappa shape index (κ3) is 2.65. The Bertz CT molecular complexity index is 602. The van der Waals surface area contributed by atoms with Gasteiger partial charge in [0.1, 0.15) is 16.6 Å². The zero-order valence-electron chi connectivity index (χ0n) is 12.6. The van der Waals surface area contributed by atoms with E-state index in [0.717, 1.165) is 30.9 Å². The fourth-order valence-electron chi connectivity index (χ4n) is 3.30. The van der Waals surface area contributed by atoms with Crippen LogP contribution in [0.3, 0.4) is 0 Å². The summed E-state index contributed by atoms with van der Waals surface area (Å²) in [5, 5.41) is 10.4. The van der Waals surface area contributed by atoms with Crippen LogP contribution in [0, 0.1) is 29.1 Å². The normalized spacial score (nSPS) is 25.7. The number of nitrogens with two attached hydrogens (primary N) is 1. The quantitative estimate of drug-likeness (QED) is 0.870. The Balaban J connectivity index is 1.96. The maximum atomic E-state index is 12.3. The maximum Gasteiger partial charge on any atom is 0.178 e. The van der Waals surface area contributed by atoms with Gasteiger partial charge >= 0.3 is 0 Å². The Kier molecular flexibility index (Phi) is 3.66. The molecule has 5 heteroatoms. The first-order chi connectivity index (χ1) is 10.0. The van der Waals surface area contributed by atoms with Gasteiger partial charge in [-0.3, -0.25) is 4.79 Å². The molecule has 2 unspecified atom stereocenters. The van der Waals surface area contributed by atoms with Gasteiger partial charge in [-0.1, -0.05) is 13.8 Å². The molecule has 1 saturated heterocycles. The number of anilines is 2. The van der Waals surface area contributed by atoms with Crippen molar-refractivity contribution in [1.29, 1.82) is 5.26 Å². The Morgan fingerprint density at radius 3 is 2.48 bits per heavy atom. The van der Waals surface area contributed by atoms with Crippen LogP contribution in [0.2, 0.25) is 0 Å². The monoisotopic (exact) mass is 303 g/mol. The number of thiophene rings is 1. The van der Waals surface area contributed by atoms with Gasteiger partial charge in [0.05, 0.1) is 10.6 Å². The molecule has 2 atom stereocenters. The number of rotatable bonds is 3. The highest BCUT2D eigenvalue weighted by Gasteiger charge is 2.35. The van der Waals surface area contributed by atoms with Crippen LogP contribution in [0.15, 0.2) is 0 Å². The number of hydrogen-bond donors (Lipinski definition) is 1. The Morgan fingerprint density at radius 1 is 1.33 bits per heavy atom. The van der Waals surface area contributed by atoms with E-state index in [9.17, 15) is 10.1 Å². The second kappa shape index (κ2) is 5.34. The van der Waals surface area contributed by atoms with Gasteiger partial charge < -0.3 is 10.6 Å². The number of carbonyl (C=O) groups is 1. The number of piperidine rings is 1. The molecule has 2 aliphatic rings. The Hall–Kier alpha value is -1.54. The molecular formula is C16H21N3OS. The number of hydrogen-bond acceptors (Lipinski definition) is 5. The van der Waals surface area contributed by atoms with E-state index in [2.05, 4.69) is 24.8 Å². The maximum absolute atomic E-state index is 12.3. The standard InChI is InChI=1S/C16H21N3OS/c1-9-5-10(2)8-19(7-9)16-12(6-17)13(18)15(21-16)14(20)11-3-4-11/h9-11H,3-5,7-8,18H2,1-2H3. The molecule has 0 amide bonds. The molecule has 1 aromatic heterocycles. The second-order valence-corrected chi connectivity index (χ2v) is 7.63. The highest BCUT2D eigenvalue weighted by Crippen LogP contribution is 2.44. The number of nitrogens with zero attached hydrogens (tertiary/aromatic N) is 2. The molecule has 112 valence electrons. The van der Waals surface area contributed by atoms with Crippen LogP contribution in [-0.2, 0) is 0 Å². The van der Waals surface area contributed by atoms with Gasteiger partial charge in [-0.25, -0.2) is 0 Å². The third-order valence-corrected chi connectivity index (χ3v) is 5.65. The Labute approximate surface area is 129 Å². The van der Waals surface area contributed by atoms with E-state index >= 15 is 0 Å². The summed E-state index contributed by atoms with van der Waals surface area (Å²) in [7, 11) is 0. The number of ketones is 1. The van der Waals surface area contributed by atoms with Crippen molar-refractivity contribution in [3.05, 3.63) is 10.4 Å². The molecule has 0 spiro atoms. The average Bonchev–Trinajstić information content (AvgIpc) is 3.21. The fraction of sp³-hybridized carbons (Fsp3) is 0.625. The summed E-state index contributed by atoms with van der Waals surface area (Å²) in [6, 6.07) is 2.22. The molecule has 0 bridgehead atoms. The summed E-state index contributed by atoms with van der Waals surface area (Å²) in [5.41, 5.74) is 7.01. The van der Waals surface area contributed by atoms with Crippen molar-refractivity contribution in [3.8, 4) is 6.07 Å². The molecular weight excluding hydrogens is 282 g/mol. The summed E-state index contributed by atoms with van der Waals surface area (Å²) in [6.45, 7) is 6.36. The molecule has 3 rings (SSSR count). The first-order valence-corrected chi connectivity index (χ1v) is 8.44. The first-order valence-electron chi connectivity index (χ1n) is 7.62. The number of Topliss-reactive ketones (excluding diaryl/α,β-unsaturated/α-hetero) is 1. The van der Waals surface area contributed by atoms with E-state index in [4.69, 9.17) is 5.73 Å². The van der Waals surface area contributed by atoms with E-state index in [-0.39, 0.29) is 11.7 Å². The molecule has 2 heterocycles. The minimum absolute atomic E-state index is 0.137. The van der Waals surface area contributed by atoms with Crippen LogP contribution < -0.4 is 10.6 Å². The van der Waals surface area contributed by atoms with Gasteiger partial charge in [0.25, 0.3) is 0 Å². The molecule has 0 aromatic carbocycles. The highest BCUT2D eigenvalue weighted by atomic mass is 32.1. The van der Waals surface area contributed by atoms with Crippen LogP contribution in [0.4, 0.5) is 10.7 Å². The molecule has 1 saturated carbocycles. The minimum atomic E-state index is 0.137. The zero-order valence-corrected chi connectivity index (χ0v) is 13.4. The highest BCUT2D eigenvalue weighted by molar-refractivity contribution is 7.19. The molecule has 1 aliphatic heterocycles. The third-order valence-electron chi connectivity index (χ3n) is 4.37. The van der Waals surface area contributed by atoms with Gasteiger partial charge in [-0.05, 0) is 31.1 Å². The van der Waals surface area contributed by atoms with Crippen LogP contribution in [0.5, 0.6) is 0 Å². The van der Waals surface area contributed by atoms with Crippen molar-refractivity contribution in [2.45, 2.75) is 33.1 Å². The van der Waals surface area contributed by atoms with E-state index in [0.29, 0.717) is 28.0 Å². The number of nitriles is 1. The summed E-state index contributed by atoms with van der Waals surface area (Å²) in [4.78, 5) is 15.2. The SMILES string of the molecule is CC1CC(C)CN(c2sc(C(=O)C3CC3)c(N)c2C#N)C1. The molecule has 21 heavy (non-hydrogen) atoms. The topological polar surface area (TPSA) is 70.1 Å². The van der Waals surface area contributed by atoms with Gasteiger partial charge in [-0.15, -0.1) is 11.3 Å². The van der Waals surface area contributed by atoms with Crippen molar-refractivity contribution in [3.63, 3.8) is 0 Å².